The van der Waals surface area contributed by atoms with Crippen LogP contribution >= 0.6 is 0 Å². The molecule has 1 fully saturated rings. The molecule has 0 spiro atoms. The average molecular weight is 316 g/mol. The fraction of sp³-hybridized carbons (Fsp3) is 0.667. The summed E-state index contributed by atoms with van der Waals surface area (Å²) in [5.74, 6) is -1.29. The highest BCUT2D eigenvalue weighted by molar-refractivity contribution is 7.87. The molecule has 1 saturated heterocycles. The van der Waals surface area contributed by atoms with Gasteiger partial charge in [0.05, 0.1) is 12.1 Å². The Morgan fingerprint density at radius 3 is 2.67 bits per heavy atom. The molecule has 1 aromatic rings. The van der Waals surface area contributed by atoms with Gasteiger partial charge >= 0.3 is 5.97 Å². The van der Waals surface area contributed by atoms with Crippen molar-refractivity contribution < 1.29 is 18.3 Å². The van der Waals surface area contributed by atoms with Crippen LogP contribution in [-0.2, 0) is 28.5 Å². The molecule has 0 aromatic carbocycles. The van der Waals surface area contributed by atoms with E-state index in [4.69, 9.17) is 5.11 Å². The van der Waals surface area contributed by atoms with Crippen molar-refractivity contribution in [1.29, 1.82) is 0 Å². The lowest BCUT2D eigenvalue weighted by atomic mass is 9.99. The van der Waals surface area contributed by atoms with Gasteiger partial charge in [-0.15, -0.1) is 0 Å². The van der Waals surface area contributed by atoms with Crippen LogP contribution in [0.25, 0.3) is 0 Å². The third-order valence-electron chi connectivity index (χ3n) is 3.60. The van der Waals surface area contributed by atoms with Gasteiger partial charge in [0.25, 0.3) is 10.2 Å². The standard InChI is InChI=1S/C12H20N4O4S/c1-15-9-10(8-13-15)2-5-14-21(19,20)16-6-3-11(4-7-16)12(17)18/h8-9,11,14H,2-7H2,1H3,(H,17,18). The van der Waals surface area contributed by atoms with Crippen LogP contribution in [-0.4, -0.2) is 53.2 Å². The zero-order valence-corrected chi connectivity index (χ0v) is 12.7. The Kier molecular flexibility index (Phi) is 4.96. The van der Waals surface area contributed by atoms with Crippen molar-refractivity contribution >= 4 is 16.2 Å². The summed E-state index contributed by atoms with van der Waals surface area (Å²) < 4.78 is 29.7. The van der Waals surface area contributed by atoms with Crippen LogP contribution in [0.15, 0.2) is 12.4 Å². The van der Waals surface area contributed by atoms with Gasteiger partial charge in [0.2, 0.25) is 0 Å². The van der Waals surface area contributed by atoms with Crippen molar-refractivity contribution in [2.45, 2.75) is 19.3 Å². The number of aryl methyl sites for hydroxylation is 1. The second kappa shape index (κ2) is 6.54. The van der Waals surface area contributed by atoms with E-state index in [0.29, 0.717) is 25.8 Å². The Labute approximate surface area is 123 Å². The largest absolute Gasteiger partial charge is 0.481 e. The smallest absolute Gasteiger partial charge is 0.306 e. The number of nitrogens with one attached hydrogen (secondary N) is 1. The number of piperidine rings is 1. The lowest BCUT2D eigenvalue weighted by Gasteiger charge is -2.29. The number of hydrogen-bond acceptors (Lipinski definition) is 4. The fourth-order valence-corrected chi connectivity index (χ4v) is 3.59. The molecular weight excluding hydrogens is 296 g/mol. The Hall–Kier alpha value is -1.45. The van der Waals surface area contributed by atoms with Crippen LogP contribution in [0.5, 0.6) is 0 Å². The molecule has 9 heteroatoms. The van der Waals surface area contributed by atoms with Gasteiger partial charge < -0.3 is 5.11 Å². The number of aliphatic carboxylic acids is 1. The molecule has 1 aliphatic rings. The van der Waals surface area contributed by atoms with Crippen molar-refractivity contribution in [3.63, 3.8) is 0 Å². The first-order valence-corrected chi connectivity index (χ1v) is 8.27. The molecule has 2 N–H and O–H groups in total. The Morgan fingerprint density at radius 2 is 2.14 bits per heavy atom. The highest BCUT2D eigenvalue weighted by Gasteiger charge is 2.30. The highest BCUT2D eigenvalue weighted by Crippen LogP contribution is 2.19. The Bertz CT molecular complexity index is 590. The van der Waals surface area contributed by atoms with Crippen molar-refractivity contribution in [2.24, 2.45) is 13.0 Å². The summed E-state index contributed by atoms with van der Waals surface area (Å²) in [6.45, 7) is 0.797. The normalized spacial score (nSPS) is 18.0. The third kappa shape index (κ3) is 4.26. The number of carboxylic acid groups (broad SMARTS) is 1. The van der Waals surface area contributed by atoms with Crippen molar-refractivity contribution in [3.8, 4) is 0 Å². The van der Waals surface area contributed by atoms with Gasteiger partial charge in [0.15, 0.2) is 0 Å². The number of carboxylic acids is 1. The summed E-state index contributed by atoms with van der Waals surface area (Å²) in [6, 6.07) is 0. The highest BCUT2D eigenvalue weighted by atomic mass is 32.2. The van der Waals surface area contributed by atoms with E-state index in [0.717, 1.165) is 5.56 Å². The maximum Gasteiger partial charge on any atom is 0.306 e. The summed E-state index contributed by atoms with van der Waals surface area (Å²) in [7, 11) is -1.73. The van der Waals surface area contributed by atoms with Crippen LogP contribution in [0.3, 0.4) is 0 Å². The Morgan fingerprint density at radius 1 is 1.48 bits per heavy atom. The molecule has 0 bridgehead atoms. The van der Waals surface area contributed by atoms with Gasteiger partial charge in [-0.25, -0.2) is 4.72 Å². The molecule has 0 saturated carbocycles. The minimum atomic E-state index is -3.53. The van der Waals surface area contributed by atoms with E-state index in [-0.39, 0.29) is 13.1 Å². The summed E-state index contributed by atoms with van der Waals surface area (Å²) in [6.07, 6.45) is 4.83. The van der Waals surface area contributed by atoms with Crippen LogP contribution < -0.4 is 4.72 Å². The average Bonchev–Trinajstić information content (AvgIpc) is 2.84. The molecule has 0 unspecified atom stereocenters. The first-order valence-electron chi connectivity index (χ1n) is 6.83. The number of hydrogen-bond donors (Lipinski definition) is 2. The van der Waals surface area contributed by atoms with E-state index >= 15 is 0 Å². The van der Waals surface area contributed by atoms with E-state index in [1.807, 2.05) is 6.20 Å². The molecule has 1 aliphatic heterocycles. The van der Waals surface area contributed by atoms with E-state index < -0.39 is 22.1 Å². The predicted octanol–water partition coefficient (Wildman–Crippen LogP) is -0.406. The molecule has 118 valence electrons. The molecule has 21 heavy (non-hydrogen) atoms. The van der Waals surface area contributed by atoms with Crippen LogP contribution in [0.2, 0.25) is 0 Å². The zero-order valence-electron chi connectivity index (χ0n) is 11.9. The van der Waals surface area contributed by atoms with Crippen LogP contribution in [0, 0.1) is 5.92 Å². The fourth-order valence-electron chi connectivity index (χ4n) is 2.36. The second-order valence-electron chi connectivity index (χ2n) is 5.18. The SMILES string of the molecule is Cn1cc(CCNS(=O)(=O)N2CCC(C(=O)O)CC2)cn1. The summed E-state index contributed by atoms with van der Waals surface area (Å²) >= 11 is 0. The molecule has 1 aromatic heterocycles. The third-order valence-corrected chi connectivity index (χ3v) is 5.21. The number of carbonyl (C=O) groups is 1. The molecule has 2 rings (SSSR count). The summed E-state index contributed by atoms with van der Waals surface area (Å²) in [4.78, 5) is 10.9. The Balaban J connectivity index is 1.81. The predicted molar refractivity (Wildman–Crippen MR) is 75.8 cm³/mol. The topological polar surface area (TPSA) is 105 Å². The lowest BCUT2D eigenvalue weighted by molar-refractivity contribution is -0.142. The molecule has 0 atom stereocenters. The number of nitrogens with zero attached hydrogens (tertiary/aromatic N) is 3. The molecule has 0 amide bonds. The van der Waals surface area contributed by atoms with Crippen LogP contribution in [0.1, 0.15) is 18.4 Å². The van der Waals surface area contributed by atoms with Crippen molar-refractivity contribution in [2.75, 3.05) is 19.6 Å². The van der Waals surface area contributed by atoms with Gasteiger partial charge in [-0.1, -0.05) is 0 Å². The molecular formula is C12H20N4O4S. The number of aromatic nitrogens is 2. The van der Waals surface area contributed by atoms with E-state index in [2.05, 4.69) is 9.82 Å². The maximum atomic E-state index is 12.1. The molecule has 0 aliphatic carbocycles. The van der Waals surface area contributed by atoms with Gasteiger partial charge in [-0.2, -0.15) is 17.8 Å². The quantitative estimate of drug-likeness (QED) is 0.742. The summed E-state index contributed by atoms with van der Waals surface area (Å²) in [5.41, 5.74) is 0.963. The minimum absolute atomic E-state index is 0.249. The van der Waals surface area contributed by atoms with Gasteiger partial charge in [0.1, 0.15) is 0 Å². The van der Waals surface area contributed by atoms with Gasteiger partial charge in [0, 0.05) is 32.9 Å². The first-order chi connectivity index (χ1) is 9.88. The summed E-state index contributed by atoms with van der Waals surface area (Å²) in [5, 5.41) is 12.9. The van der Waals surface area contributed by atoms with Gasteiger partial charge in [-0.05, 0) is 24.8 Å². The van der Waals surface area contributed by atoms with Crippen molar-refractivity contribution in [3.05, 3.63) is 18.0 Å². The van der Waals surface area contributed by atoms with Gasteiger partial charge in [-0.3, -0.25) is 9.48 Å². The monoisotopic (exact) mass is 316 g/mol. The second-order valence-corrected chi connectivity index (χ2v) is 6.94. The van der Waals surface area contributed by atoms with Crippen LogP contribution in [0.4, 0.5) is 0 Å². The molecule has 2 heterocycles. The van der Waals surface area contributed by atoms with Crippen molar-refractivity contribution in [1.82, 2.24) is 18.8 Å². The minimum Gasteiger partial charge on any atom is -0.481 e. The number of rotatable bonds is 6. The lowest BCUT2D eigenvalue weighted by Crippen LogP contribution is -2.46. The maximum absolute atomic E-state index is 12.1. The molecule has 8 nitrogen and oxygen atoms in total. The molecule has 0 radical (unpaired) electrons. The first kappa shape index (κ1) is 15.9. The zero-order chi connectivity index (χ0) is 15.5. The van der Waals surface area contributed by atoms with E-state index in [1.54, 1.807) is 17.9 Å². The van der Waals surface area contributed by atoms with E-state index in [9.17, 15) is 13.2 Å². The van der Waals surface area contributed by atoms with E-state index in [1.165, 1.54) is 4.31 Å².